The van der Waals surface area contributed by atoms with E-state index in [1.54, 1.807) is 0 Å². The normalized spacial score (nSPS) is 25.2. The molecular weight excluding hydrogens is 250 g/mol. The number of rotatable bonds is 6. The summed E-state index contributed by atoms with van der Waals surface area (Å²) in [6.45, 7) is 2.00. The van der Waals surface area contributed by atoms with Crippen molar-refractivity contribution in [2.24, 2.45) is 10.8 Å². The van der Waals surface area contributed by atoms with Crippen molar-refractivity contribution in [2.75, 3.05) is 44.4 Å². The molecule has 2 rings (SSSR count). The van der Waals surface area contributed by atoms with Gasteiger partial charge in [0.15, 0.2) is 0 Å². The van der Waals surface area contributed by atoms with E-state index in [2.05, 4.69) is 23.9 Å². The lowest BCUT2D eigenvalue weighted by Gasteiger charge is -2.25. The molecule has 1 heterocycles. The standard InChI is InChI=1S/C12H25N3O2S/c1-18(2,3)7-6-16-9-15-8-11(13)12(14-15)17-10-4-5-10/h10-11H,4-9,13H2,1-3H3. The van der Waals surface area contributed by atoms with Crippen LogP contribution in [-0.2, 0) is 9.47 Å². The summed E-state index contributed by atoms with van der Waals surface area (Å²) in [7, 11) is -0.478. The molecule has 0 aromatic rings. The van der Waals surface area contributed by atoms with Gasteiger partial charge in [0.25, 0.3) is 0 Å². The van der Waals surface area contributed by atoms with Gasteiger partial charge in [-0.2, -0.15) is 0 Å². The summed E-state index contributed by atoms with van der Waals surface area (Å²) in [5, 5.41) is 6.23. The summed E-state index contributed by atoms with van der Waals surface area (Å²) >= 11 is 0. The Hall–Kier alpha value is -0.460. The Bertz CT molecular complexity index is 313. The van der Waals surface area contributed by atoms with Crippen molar-refractivity contribution in [1.29, 1.82) is 0 Å². The van der Waals surface area contributed by atoms with Gasteiger partial charge in [0.05, 0.1) is 13.2 Å². The molecule has 1 unspecified atom stereocenters. The summed E-state index contributed by atoms with van der Waals surface area (Å²) in [4.78, 5) is 0. The average Bonchev–Trinajstić information content (AvgIpc) is 2.99. The maximum Gasteiger partial charge on any atom is 0.225 e. The molecule has 18 heavy (non-hydrogen) atoms. The Balaban J connectivity index is 1.66. The van der Waals surface area contributed by atoms with E-state index < -0.39 is 10.0 Å². The monoisotopic (exact) mass is 275 g/mol. The van der Waals surface area contributed by atoms with Gasteiger partial charge in [-0.3, -0.25) is 5.01 Å². The van der Waals surface area contributed by atoms with Gasteiger partial charge in [-0.05, 0) is 31.6 Å². The fourth-order valence-corrected chi connectivity index (χ4v) is 2.21. The minimum atomic E-state index is -0.478. The van der Waals surface area contributed by atoms with Crippen molar-refractivity contribution in [1.82, 2.24) is 5.01 Å². The van der Waals surface area contributed by atoms with Gasteiger partial charge in [-0.25, -0.2) is 10.0 Å². The maximum absolute atomic E-state index is 5.97. The number of hydrazone groups is 1. The molecule has 1 atom stereocenters. The van der Waals surface area contributed by atoms with Gasteiger partial charge >= 0.3 is 0 Å². The number of ether oxygens (including phenoxy) is 2. The van der Waals surface area contributed by atoms with Gasteiger partial charge < -0.3 is 15.2 Å². The summed E-state index contributed by atoms with van der Waals surface area (Å²) in [6.07, 6.45) is 9.51. The lowest BCUT2D eigenvalue weighted by atomic mass is 10.3. The van der Waals surface area contributed by atoms with Crippen LogP contribution >= 0.6 is 10.0 Å². The van der Waals surface area contributed by atoms with Gasteiger partial charge in [0.2, 0.25) is 5.90 Å². The topological polar surface area (TPSA) is 60.1 Å². The van der Waals surface area contributed by atoms with E-state index in [0.29, 0.717) is 25.3 Å². The van der Waals surface area contributed by atoms with Crippen molar-refractivity contribution in [3.63, 3.8) is 0 Å². The van der Waals surface area contributed by atoms with Crippen molar-refractivity contribution in [3.8, 4) is 0 Å². The number of hydrogen-bond acceptors (Lipinski definition) is 5. The third-order valence-corrected chi connectivity index (χ3v) is 4.25. The van der Waals surface area contributed by atoms with E-state index in [1.165, 1.54) is 0 Å². The summed E-state index contributed by atoms with van der Waals surface area (Å²) < 4.78 is 11.3. The first kappa shape index (κ1) is 14.0. The van der Waals surface area contributed by atoms with E-state index >= 15 is 0 Å². The summed E-state index contributed by atoms with van der Waals surface area (Å²) in [6, 6.07) is -0.0950. The van der Waals surface area contributed by atoms with Crippen LogP contribution in [-0.4, -0.2) is 67.5 Å². The Morgan fingerprint density at radius 1 is 1.39 bits per heavy atom. The lowest BCUT2D eigenvalue weighted by Crippen LogP contribution is -2.35. The maximum atomic E-state index is 5.97. The van der Waals surface area contributed by atoms with Gasteiger partial charge in [-0.1, -0.05) is 0 Å². The highest BCUT2D eigenvalue weighted by atomic mass is 32.3. The van der Waals surface area contributed by atoms with Crippen LogP contribution in [0.3, 0.4) is 0 Å². The van der Waals surface area contributed by atoms with Crippen molar-refractivity contribution in [2.45, 2.75) is 25.0 Å². The minimum Gasteiger partial charge on any atom is -0.475 e. The number of nitrogens with zero attached hydrogens (tertiary/aromatic N) is 2. The van der Waals surface area contributed by atoms with E-state index in [9.17, 15) is 0 Å². The fourth-order valence-electron chi connectivity index (χ4n) is 1.59. The van der Waals surface area contributed by atoms with Crippen molar-refractivity contribution in [3.05, 3.63) is 0 Å². The van der Waals surface area contributed by atoms with Gasteiger partial charge in [0.1, 0.15) is 18.9 Å². The quantitative estimate of drug-likeness (QED) is 0.728. The van der Waals surface area contributed by atoms with Crippen LogP contribution in [0.1, 0.15) is 12.8 Å². The van der Waals surface area contributed by atoms with Crippen LogP contribution in [0.2, 0.25) is 0 Å². The third-order valence-electron chi connectivity index (χ3n) is 2.86. The molecule has 0 aromatic heterocycles. The molecule has 0 saturated heterocycles. The molecule has 2 aliphatic rings. The van der Waals surface area contributed by atoms with Crippen molar-refractivity contribution < 1.29 is 9.47 Å². The van der Waals surface area contributed by atoms with Gasteiger partial charge in [0, 0.05) is 5.75 Å². The molecule has 0 bridgehead atoms. The van der Waals surface area contributed by atoms with Crippen LogP contribution in [0.25, 0.3) is 0 Å². The Morgan fingerprint density at radius 2 is 2.11 bits per heavy atom. The zero-order chi connectivity index (χ0) is 13.2. The molecule has 1 saturated carbocycles. The molecule has 2 N–H and O–H groups in total. The molecule has 6 heteroatoms. The Morgan fingerprint density at radius 3 is 2.72 bits per heavy atom. The summed E-state index contributed by atoms with van der Waals surface area (Å²) in [5.41, 5.74) is 5.97. The first-order chi connectivity index (χ1) is 8.44. The largest absolute Gasteiger partial charge is 0.475 e. The van der Waals surface area contributed by atoms with E-state index in [1.807, 2.05) is 5.01 Å². The van der Waals surface area contributed by atoms with Gasteiger partial charge in [-0.15, -0.1) is 5.10 Å². The highest BCUT2D eigenvalue weighted by Crippen LogP contribution is 2.33. The highest BCUT2D eigenvalue weighted by molar-refractivity contribution is 8.32. The van der Waals surface area contributed by atoms with Crippen LogP contribution in [0.15, 0.2) is 5.10 Å². The molecule has 1 fully saturated rings. The first-order valence-corrected chi connectivity index (χ1v) is 9.46. The smallest absolute Gasteiger partial charge is 0.225 e. The molecule has 0 spiro atoms. The SMILES string of the molecule is CS(C)(C)CCOCN1CC(N)C(OC2CC2)=N1. The summed E-state index contributed by atoms with van der Waals surface area (Å²) in [5.74, 6) is 1.81. The van der Waals surface area contributed by atoms with E-state index in [-0.39, 0.29) is 6.04 Å². The molecular formula is C12H25N3O2S. The Kier molecular flexibility index (Phi) is 4.40. The van der Waals surface area contributed by atoms with E-state index in [4.69, 9.17) is 15.2 Å². The zero-order valence-corrected chi connectivity index (χ0v) is 12.4. The predicted molar refractivity (Wildman–Crippen MR) is 77.3 cm³/mol. The average molecular weight is 275 g/mol. The second-order valence-corrected chi connectivity index (χ2v) is 10.5. The van der Waals surface area contributed by atoms with Crippen LogP contribution < -0.4 is 5.73 Å². The second-order valence-electron chi connectivity index (χ2n) is 5.88. The van der Waals surface area contributed by atoms with Crippen molar-refractivity contribution >= 4 is 15.9 Å². The molecule has 0 radical (unpaired) electrons. The molecule has 5 nitrogen and oxygen atoms in total. The first-order valence-electron chi connectivity index (χ1n) is 6.43. The molecule has 0 amide bonds. The highest BCUT2D eigenvalue weighted by Gasteiger charge is 2.31. The fraction of sp³-hybridized carbons (Fsp3) is 0.917. The van der Waals surface area contributed by atoms with Crippen LogP contribution in [0, 0.1) is 0 Å². The molecule has 1 aliphatic carbocycles. The second kappa shape index (κ2) is 5.67. The Labute approximate surface area is 111 Å². The zero-order valence-electron chi connectivity index (χ0n) is 11.6. The number of nitrogens with two attached hydrogens (primary N) is 1. The third kappa shape index (κ3) is 4.66. The van der Waals surface area contributed by atoms with E-state index in [0.717, 1.165) is 25.2 Å². The van der Waals surface area contributed by atoms with Crippen LogP contribution in [0.4, 0.5) is 0 Å². The molecule has 106 valence electrons. The van der Waals surface area contributed by atoms with Crippen LogP contribution in [0.5, 0.6) is 0 Å². The number of hydrogen-bond donors (Lipinski definition) is 1. The predicted octanol–water partition coefficient (Wildman–Crippen LogP) is 0.790. The molecule has 1 aliphatic heterocycles. The lowest BCUT2D eigenvalue weighted by molar-refractivity contribution is 0.0435. The molecule has 0 aromatic carbocycles. The minimum absolute atomic E-state index is 0.0950.